The second-order valence-electron chi connectivity index (χ2n) is 9.16. The third-order valence-electron chi connectivity index (χ3n) is 6.66. The zero-order valence-corrected chi connectivity index (χ0v) is 20.6. The van der Waals surface area contributed by atoms with Crippen molar-refractivity contribution >= 4 is 33.1 Å². The van der Waals surface area contributed by atoms with E-state index in [9.17, 15) is 13.2 Å². The van der Waals surface area contributed by atoms with E-state index in [1.54, 1.807) is 33.1 Å². The number of carbonyl (C=O) groups is 1. The minimum absolute atomic E-state index is 0.180. The van der Waals surface area contributed by atoms with Gasteiger partial charge in [-0.3, -0.25) is 4.79 Å². The van der Waals surface area contributed by atoms with Crippen LogP contribution in [0.25, 0.3) is 5.65 Å². The molecule has 0 aliphatic carbocycles. The number of rotatable bonds is 7. The fourth-order valence-electron chi connectivity index (χ4n) is 4.68. The lowest BCUT2D eigenvalue weighted by molar-refractivity contribution is -0.116. The molecular formula is C24H31N7O3S. The molecule has 1 N–H and O–H groups in total. The fourth-order valence-corrected chi connectivity index (χ4v) is 6.20. The number of hydrogen-bond donors (Lipinski definition) is 1. The number of aromatic nitrogens is 4. The van der Waals surface area contributed by atoms with E-state index in [1.807, 2.05) is 12.1 Å². The Balaban J connectivity index is 1.20. The number of carbonyl (C=O) groups excluding carboxylic acids is 1. The molecule has 186 valence electrons. The van der Waals surface area contributed by atoms with Crippen LogP contribution >= 0.6 is 0 Å². The predicted octanol–water partition coefficient (Wildman–Crippen LogP) is 2.86. The van der Waals surface area contributed by atoms with Crippen LogP contribution in [-0.4, -0.2) is 64.6 Å². The van der Waals surface area contributed by atoms with E-state index >= 15 is 0 Å². The molecule has 2 aliphatic rings. The van der Waals surface area contributed by atoms with Crippen LogP contribution in [0.2, 0.25) is 0 Å². The van der Waals surface area contributed by atoms with Crippen LogP contribution < -0.4 is 10.2 Å². The van der Waals surface area contributed by atoms with Crippen molar-refractivity contribution in [2.24, 2.45) is 0 Å². The molecule has 0 saturated carbocycles. The molecule has 35 heavy (non-hydrogen) atoms. The molecule has 0 unspecified atom stereocenters. The number of fused-ring (bicyclic) bond motifs is 1. The van der Waals surface area contributed by atoms with Crippen molar-refractivity contribution in [1.82, 2.24) is 24.1 Å². The van der Waals surface area contributed by atoms with Crippen molar-refractivity contribution in [2.45, 2.75) is 56.3 Å². The van der Waals surface area contributed by atoms with Crippen LogP contribution in [0.4, 0.5) is 11.5 Å². The number of benzene rings is 1. The van der Waals surface area contributed by atoms with Gasteiger partial charge in [0.05, 0.1) is 4.90 Å². The minimum Gasteiger partial charge on any atom is -0.355 e. The first kappa shape index (κ1) is 23.7. The molecule has 2 saturated heterocycles. The van der Waals surface area contributed by atoms with Gasteiger partial charge in [0.15, 0.2) is 11.5 Å². The Hall–Kier alpha value is -3.05. The standard InChI is InChI=1S/C24H31N7O3S/c32-24(14-13-22-27-26-21-11-12-23(28-31(21)22)29-15-5-6-16-29)25-19-7-9-20(10-8-19)35(33,34)30-17-3-1-2-4-18-30/h7-12H,1-6,13-18H2,(H,25,32). The molecule has 10 nitrogen and oxygen atoms in total. The molecule has 0 spiro atoms. The number of hydrogen-bond acceptors (Lipinski definition) is 7. The Kier molecular flexibility index (Phi) is 6.96. The first-order valence-electron chi connectivity index (χ1n) is 12.4. The van der Waals surface area contributed by atoms with Gasteiger partial charge in [0.2, 0.25) is 15.9 Å². The van der Waals surface area contributed by atoms with Crippen molar-refractivity contribution in [2.75, 3.05) is 36.4 Å². The van der Waals surface area contributed by atoms with Crippen molar-refractivity contribution < 1.29 is 13.2 Å². The maximum absolute atomic E-state index is 12.9. The fraction of sp³-hybridized carbons (Fsp3) is 0.500. The Morgan fingerprint density at radius 1 is 0.857 bits per heavy atom. The zero-order chi connectivity index (χ0) is 24.3. The maximum Gasteiger partial charge on any atom is 0.243 e. The van der Waals surface area contributed by atoms with Crippen molar-refractivity contribution in [1.29, 1.82) is 0 Å². The summed E-state index contributed by atoms with van der Waals surface area (Å²) in [6.07, 6.45) is 6.86. The molecule has 1 aromatic carbocycles. The van der Waals surface area contributed by atoms with E-state index in [-0.39, 0.29) is 17.2 Å². The summed E-state index contributed by atoms with van der Waals surface area (Å²) in [5.41, 5.74) is 1.22. The van der Waals surface area contributed by atoms with Gasteiger partial charge in [0, 0.05) is 44.7 Å². The highest BCUT2D eigenvalue weighted by molar-refractivity contribution is 7.89. The van der Waals surface area contributed by atoms with Gasteiger partial charge in [-0.15, -0.1) is 15.3 Å². The first-order valence-corrected chi connectivity index (χ1v) is 13.8. The van der Waals surface area contributed by atoms with Gasteiger partial charge in [-0.2, -0.15) is 8.82 Å². The van der Waals surface area contributed by atoms with Gasteiger partial charge >= 0.3 is 0 Å². The van der Waals surface area contributed by atoms with E-state index < -0.39 is 10.0 Å². The van der Waals surface area contributed by atoms with Crippen LogP contribution in [-0.2, 0) is 21.2 Å². The Bertz CT molecular complexity index is 1280. The summed E-state index contributed by atoms with van der Waals surface area (Å²) in [6, 6.07) is 10.3. The van der Waals surface area contributed by atoms with Gasteiger partial charge < -0.3 is 10.2 Å². The Morgan fingerprint density at radius 2 is 1.54 bits per heavy atom. The normalized spacial score (nSPS) is 17.5. The number of nitrogens with one attached hydrogen (secondary N) is 1. The Labute approximate surface area is 205 Å². The highest BCUT2D eigenvalue weighted by atomic mass is 32.2. The molecule has 0 atom stereocenters. The van der Waals surface area contributed by atoms with Crippen LogP contribution in [0.3, 0.4) is 0 Å². The van der Waals surface area contributed by atoms with Crippen LogP contribution in [0.5, 0.6) is 0 Å². The summed E-state index contributed by atoms with van der Waals surface area (Å²) >= 11 is 0. The molecule has 4 heterocycles. The summed E-state index contributed by atoms with van der Waals surface area (Å²) in [4.78, 5) is 15.1. The van der Waals surface area contributed by atoms with Crippen LogP contribution in [0.1, 0.15) is 50.8 Å². The smallest absolute Gasteiger partial charge is 0.243 e. The molecule has 1 amide bonds. The van der Waals surface area contributed by atoms with Crippen LogP contribution in [0, 0.1) is 0 Å². The van der Waals surface area contributed by atoms with E-state index in [0.29, 0.717) is 36.7 Å². The van der Waals surface area contributed by atoms with E-state index in [1.165, 1.54) is 12.8 Å². The van der Waals surface area contributed by atoms with E-state index in [4.69, 9.17) is 0 Å². The van der Waals surface area contributed by atoms with Crippen molar-refractivity contribution in [3.05, 3.63) is 42.2 Å². The van der Waals surface area contributed by atoms with Crippen molar-refractivity contribution in [3.8, 4) is 0 Å². The lowest BCUT2D eigenvalue weighted by Crippen LogP contribution is -2.31. The molecule has 5 rings (SSSR count). The number of anilines is 2. The number of aryl methyl sites for hydroxylation is 1. The van der Waals surface area contributed by atoms with Gasteiger partial charge in [-0.25, -0.2) is 8.42 Å². The number of amides is 1. The highest BCUT2D eigenvalue weighted by Gasteiger charge is 2.25. The first-order chi connectivity index (χ1) is 17.0. The topological polar surface area (TPSA) is 113 Å². The molecule has 11 heteroatoms. The third kappa shape index (κ3) is 5.30. The monoisotopic (exact) mass is 497 g/mol. The summed E-state index contributed by atoms with van der Waals surface area (Å²) < 4.78 is 29.2. The summed E-state index contributed by atoms with van der Waals surface area (Å²) in [6.45, 7) is 3.12. The van der Waals surface area contributed by atoms with Gasteiger partial charge in [0.1, 0.15) is 5.82 Å². The second-order valence-corrected chi connectivity index (χ2v) is 11.1. The summed E-state index contributed by atoms with van der Waals surface area (Å²) in [5.74, 6) is 1.35. The number of sulfonamides is 1. The van der Waals surface area contributed by atoms with E-state index in [0.717, 1.165) is 44.6 Å². The molecular weight excluding hydrogens is 466 g/mol. The number of nitrogens with zero attached hydrogens (tertiary/aromatic N) is 6. The van der Waals surface area contributed by atoms with Crippen LogP contribution in [0.15, 0.2) is 41.3 Å². The Morgan fingerprint density at radius 3 is 2.26 bits per heavy atom. The molecule has 3 aromatic rings. The second kappa shape index (κ2) is 10.3. The molecule has 2 aliphatic heterocycles. The summed E-state index contributed by atoms with van der Waals surface area (Å²) in [5, 5.41) is 15.9. The van der Waals surface area contributed by atoms with Gasteiger partial charge in [-0.05, 0) is 62.1 Å². The van der Waals surface area contributed by atoms with Gasteiger partial charge in [-0.1, -0.05) is 12.8 Å². The zero-order valence-electron chi connectivity index (χ0n) is 19.8. The maximum atomic E-state index is 12.9. The largest absolute Gasteiger partial charge is 0.355 e. The molecule has 2 aromatic heterocycles. The van der Waals surface area contributed by atoms with Gasteiger partial charge in [0.25, 0.3) is 0 Å². The summed E-state index contributed by atoms with van der Waals surface area (Å²) in [7, 11) is -3.51. The van der Waals surface area contributed by atoms with E-state index in [2.05, 4.69) is 25.5 Å². The minimum atomic E-state index is -3.51. The SMILES string of the molecule is O=C(CCc1nnc2ccc(N3CCCC3)nn12)Nc1ccc(S(=O)(=O)N2CCCCCC2)cc1. The highest BCUT2D eigenvalue weighted by Crippen LogP contribution is 2.22. The molecule has 0 bridgehead atoms. The lowest BCUT2D eigenvalue weighted by Gasteiger charge is -2.20. The predicted molar refractivity (Wildman–Crippen MR) is 133 cm³/mol. The lowest BCUT2D eigenvalue weighted by atomic mass is 10.2. The third-order valence-corrected chi connectivity index (χ3v) is 8.57. The quantitative estimate of drug-likeness (QED) is 0.534. The average Bonchev–Trinajstić information content (AvgIpc) is 3.45. The molecule has 0 radical (unpaired) electrons. The average molecular weight is 498 g/mol. The molecule has 2 fully saturated rings. The van der Waals surface area contributed by atoms with Crippen molar-refractivity contribution in [3.63, 3.8) is 0 Å².